The van der Waals surface area contributed by atoms with Gasteiger partial charge < -0.3 is 19.5 Å². The Kier molecular flexibility index (Phi) is 7.42. The molecule has 0 aromatic heterocycles. The van der Waals surface area contributed by atoms with Gasteiger partial charge in [-0.2, -0.15) is 8.78 Å². The highest BCUT2D eigenvalue weighted by molar-refractivity contribution is 5.42. The van der Waals surface area contributed by atoms with Crippen molar-refractivity contribution in [3.63, 3.8) is 0 Å². The van der Waals surface area contributed by atoms with Crippen LogP contribution in [0.2, 0.25) is 0 Å². The lowest BCUT2D eigenvalue weighted by Crippen LogP contribution is -2.16. The molecule has 1 aromatic carbocycles. The van der Waals surface area contributed by atoms with Crippen molar-refractivity contribution in [2.24, 2.45) is 0 Å². The lowest BCUT2D eigenvalue weighted by atomic mass is 10.2. The van der Waals surface area contributed by atoms with Gasteiger partial charge in [0.2, 0.25) is 0 Å². The number of methoxy groups -OCH3 is 1. The van der Waals surface area contributed by atoms with Crippen LogP contribution in [0.3, 0.4) is 0 Å². The van der Waals surface area contributed by atoms with Gasteiger partial charge in [0.15, 0.2) is 11.5 Å². The van der Waals surface area contributed by atoms with Crippen LogP contribution in [0.5, 0.6) is 11.5 Å². The SMILES string of the molecule is C=COCCCNCc1ccc(OC)c(OC(F)F)c1. The van der Waals surface area contributed by atoms with Gasteiger partial charge in [0.25, 0.3) is 0 Å². The van der Waals surface area contributed by atoms with Gasteiger partial charge in [-0.25, -0.2) is 0 Å². The Balaban J connectivity index is 2.47. The molecule has 0 saturated carbocycles. The van der Waals surface area contributed by atoms with Gasteiger partial charge in [0.1, 0.15) is 0 Å². The summed E-state index contributed by atoms with van der Waals surface area (Å²) in [5, 5.41) is 3.18. The summed E-state index contributed by atoms with van der Waals surface area (Å²) >= 11 is 0. The van der Waals surface area contributed by atoms with E-state index in [4.69, 9.17) is 9.47 Å². The Labute approximate surface area is 117 Å². The van der Waals surface area contributed by atoms with Crippen LogP contribution in [0.1, 0.15) is 12.0 Å². The molecule has 0 bridgehead atoms. The Morgan fingerprint density at radius 3 is 2.80 bits per heavy atom. The molecule has 4 nitrogen and oxygen atoms in total. The van der Waals surface area contributed by atoms with Crippen LogP contribution in [0.4, 0.5) is 8.78 Å². The van der Waals surface area contributed by atoms with Crippen molar-refractivity contribution < 1.29 is 23.0 Å². The number of alkyl halides is 2. The van der Waals surface area contributed by atoms with Gasteiger partial charge in [0.05, 0.1) is 20.0 Å². The third-order valence-electron chi connectivity index (χ3n) is 2.51. The van der Waals surface area contributed by atoms with E-state index in [9.17, 15) is 8.78 Å². The molecule has 0 aliphatic carbocycles. The minimum absolute atomic E-state index is 0.0387. The second kappa shape index (κ2) is 9.14. The van der Waals surface area contributed by atoms with Gasteiger partial charge >= 0.3 is 6.61 Å². The van der Waals surface area contributed by atoms with E-state index in [-0.39, 0.29) is 11.5 Å². The molecule has 0 heterocycles. The van der Waals surface area contributed by atoms with E-state index in [1.54, 1.807) is 12.1 Å². The highest BCUT2D eigenvalue weighted by Crippen LogP contribution is 2.29. The molecule has 112 valence electrons. The topological polar surface area (TPSA) is 39.7 Å². The minimum atomic E-state index is -2.87. The lowest BCUT2D eigenvalue weighted by molar-refractivity contribution is -0.0512. The molecule has 0 atom stereocenters. The zero-order valence-corrected chi connectivity index (χ0v) is 11.4. The highest BCUT2D eigenvalue weighted by Gasteiger charge is 2.11. The Morgan fingerprint density at radius 1 is 1.35 bits per heavy atom. The standard InChI is InChI=1S/C14H19F2NO3/c1-3-19-8-4-7-17-10-11-5-6-12(18-2)13(9-11)20-14(15)16/h3,5-6,9,14,17H,1,4,7-8,10H2,2H3. The second-order valence-corrected chi connectivity index (χ2v) is 3.93. The van der Waals surface area contributed by atoms with Gasteiger partial charge in [-0.15, -0.1) is 0 Å². The van der Waals surface area contributed by atoms with E-state index in [1.807, 2.05) is 0 Å². The van der Waals surface area contributed by atoms with Crippen molar-refractivity contribution in [1.29, 1.82) is 0 Å². The van der Waals surface area contributed by atoms with E-state index >= 15 is 0 Å². The third kappa shape index (κ3) is 5.88. The first-order chi connectivity index (χ1) is 9.67. The van der Waals surface area contributed by atoms with Crippen molar-refractivity contribution in [3.05, 3.63) is 36.6 Å². The number of nitrogens with one attached hydrogen (secondary N) is 1. The zero-order chi connectivity index (χ0) is 14.8. The summed E-state index contributed by atoms with van der Waals surface area (Å²) in [5.41, 5.74) is 0.839. The summed E-state index contributed by atoms with van der Waals surface area (Å²) < 4.78 is 38.9. The van der Waals surface area contributed by atoms with Crippen LogP contribution in [-0.4, -0.2) is 26.9 Å². The molecule has 1 N–H and O–H groups in total. The Morgan fingerprint density at radius 2 is 2.15 bits per heavy atom. The summed E-state index contributed by atoms with van der Waals surface area (Å²) in [4.78, 5) is 0. The fourth-order valence-corrected chi connectivity index (χ4v) is 1.62. The zero-order valence-electron chi connectivity index (χ0n) is 11.4. The van der Waals surface area contributed by atoms with Crippen molar-refractivity contribution in [2.45, 2.75) is 19.6 Å². The van der Waals surface area contributed by atoms with Gasteiger partial charge in [-0.3, -0.25) is 0 Å². The molecule has 20 heavy (non-hydrogen) atoms. The normalized spacial score (nSPS) is 10.4. The molecule has 1 rings (SSSR count). The van der Waals surface area contributed by atoms with Gasteiger partial charge in [0, 0.05) is 6.54 Å². The quantitative estimate of drug-likeness (QED) is 0.530. The monoisotopic (exact) mass is 287 g/mol. The van der Waals surface area contributed by atoms with Gasteiger partial charge in [-0.05, 0) is 30.7 Å². The number of ether oxygens (including phenoxy) is 3. The molecular weight excluding hydrogens is 268 g/mol. The minimum Gasteiger partial charge on any atom is -0.502 e. The van der Waals surface area contributed by atoms with E-state index in [0.29, 0.717) is 13.2 Å². The molecule has 0 saturated heterocycles. The second-order valence-electron chi connectivity index (χ2n) is 3.93. The molecule has 1 aromatic rings. The smallest absolute Gasteiger partial charge is 0.387 e. The van der Waals surface area contributed by atoms with Crippen LogP contribution in [-0.2, 0) is 11.3 Å². The average Bonchev–Trinajstić information content (AvgIpc) is 2.42. The van der Waals surface area contributed by atoms with Crippen LogP contribution in [0.25, 0.3) is 0 Å². The maximum Gasteiger partial charge on any atom is 0.387 e. The summed E-state index contributed by atoms with van der Waals surface area (Å²) in [7, 11) is 1.41. The fraction of sp³-hybridized carbons (Fsp3) is 0.429. The molecule has 0 unspecified atom stereocenters. The molecule has 6 heteroatoms. The van der Waals surface area contributed by atoms with Crippen molar-refractivity contribution in [2.75, 3.05) is 20.3 Å². The maximum absolute atomic E-state index is 12.3. The molecule has 0 aliphatic rings. The summed E-state index contributed by atoms with van der Waals surface area (Å²) in [6, 6.07) is 4.94. The number of hydrogen-bond acceptors (Lipinski definition) is 4. The maximum atomic E-state index is 12.3. The van der Waals surface area contributed by atoms with Crippen molar-refractivity contribution in [1.82, 2.24) is 5.32 Å². The van der Waals surface area contributed by atoms with Gasteiger partial charge in [-0.1, -0.05) is 12.6 Å². The van der Waals surface area contributed by atoms with Crippen molar-refractivity contribution >= 4 is 0 Å². The predicted molar refractivity (Wildman–Crippen MR) is 72.1 cm³/mol. The highest BCUT2D eigenvalue weighted by atomic mass is 19.3. The predicted octanol–water partition coefficient (Wildman–Crippen LogP) is 2.94. The first-order valence-electron chi connectivity index (χ1n) is 6.22. The Hall–Kier alpha value is -1.82. The van der Waals surface area contributed by atoms with E-state index in [0.717, 1.165) is 18.5 Å². The Bertz CT molecular complexity index is 413. The molecule has 0 radical (unpaired) electrons. The van der Waals surface area contributed by atoms with Crippen LogP contribution < -0.4 is 14.8 Å². The molecule has 0 spiro atoms. The first-order valence-corrected chi connectivity index (χ1v) is 6.22. The average molecular weight is 287 g/mol. The number of rotatable bonds is 10. The first kappa shape index (κ1) is 16.2. The molecule has 0 aliphatic heterocycles. The van der Waals surface area contributed by atoms with E-state index < -0.39 is 6.61 Å². The largest absolute Gasteiger partial charge is 0.502 e. The van der Waals surface area contributed by atoms with Crippen LogP contribution in [0.15, 0.2) is 31.0 Å². The lowest BCUT2D eigenvalue weighted by Gasteiger charge is -2.12. The van der Waals surface area contributed by atoms with Crippen LogP contribution >= 0.6 is 0 Å². The number of halogens is 2. The summed E-state index contributed by atoms with van der Waals surface area (Å²) in [6.45, 7) is 2.48. The van der Waals surface area contributed by atoms with Crippen LogP contribution in [0, 0.1) is 0 Å². The van der Waals surface area contributed by atoms with E-state index in [1.165, 1.54) is 19.4 Å². The number of hydrogen-bond donors (Lipinski definition) is 1. The molecule has 0 fully saturated rings. The summed E-state index contributed by atoms with van der Waals surface area (Å²) in [5.74, 6) is 0.324. The fourth-order valence-electron chi connectivity index (χ4n) is 1.62. The summed E-state index contributed by atoms with van der Waals surface area (Å²) in [6.07, 6.45) is 2.24. The molecule has 0 amide bonds. The number of benzene rings is 1. The van der Waals surface area contributed by atoms with E-state index in [2.05, 4.69) is 16.6 Å². The van der Waals surface area contributed by atoms with Crippen molar-refractivity contribution in [3.8, 4) is 11.5 Å². The third-order valence-corrected chi connectivity index (χ3v) is 2.51. The molecular formula is C14H19F2NO3.